The molecule has 0 saturated carbocycles. The fourth-order valence-corrected chi connectivity index (χ4v) is 4.05. The van der Waals surface area contributed by atoms with Crippen LogP contribution >= 0.6 is 0 Å². The third-order valence-corrected chi connectivity index (χ3v) is 6.06. The molecule has 0 amide bonds. The minimum Gasteiger partial charge on any atom is -0.388 e. The summed E-state index contributed by atoms with van der Waals surface area (Å²) in [5.74, 6) is 0. The fourth-order valence-electron chi connectivity index (χ4n) is 4.05. The molecule has 1 rings (SSSR count). The van der Waals surface area contributed by atoms with Gasteiger partial charge in [-0.2, -0.15) is 0 Å². The summed E-state index contributed by atoms with van der Waals surface area (Å²) in [7, 11) is 0. The maximum absolute atomic E-state index is 9.96. The minimum atomic E-state index is -1.03. The second kappa shape index (κ2) is 19.2. The van der Waals surface area contributed by atoms with E-state index in [2.05, 4.69) is 6.58 Å². The third-order valence-electron chi connectivity index (χ3n) is 6.06. The van der Waals surface area contributed by atoms with Crippen molar-refractivity contribution < 1.29 is 24.8 Å². The molecule has 0 bridgehead atoms. The Morgan fingerprint density at radius 3 is 1.70 bits per heavy atom. The Labute approximate surface area is 184 Å². The van der Waals surface area contributed by atoms with Crippen molar-refractivity contribution in [2.24, 2.45) is 0 Å². The van der Waals surface area contributed by atoms with E-state index in [-0.39, 0.29) is 13.2 Å². The third kappa shape index (κ3) is 13.8. The van der Waals surface area contributed by atoms with Crippen LogP contribution in [0.2, 0.25) is 0 Å². The van der Waals surface area contributed by atoms with Crippen molar-refractivity contribution in [1.82, 2.24) is 0 Å². The second-order valence-electron chi connectivity index (χ2n) is 8.88. The zero-order valence-corrected chi connectivity index (χ0v) is 19.2. The molecule has 1 aliphatic heterocycles. The molecule has 0 radical (unpaired) electrons. The first-order valence-electron chi connectivity index (χ1n) is 12.5. The van der Waals surface area contributed by atoms with Gasteiger partial charge < -0.3 is 24.8 Å². The van der Waals surface area contributed by atoms with Crippen LogP contribution in [-0.2, 0) is 9.47 Å². The number of ether oxygens (including phenoxy) is 2. The lowest BCUT2D eigenvalue weighted by atomic mass is 10.0. The molecule has 1 fully saturated rings. The Balaban J connectivity index is 1.73. The van der Waals surface area contributed by atoms with Gasteiger partial charge in [0.15, 0.2) is 0 Å². The van der Waals surface area contributed by atoms with Gasteiger partial charge in [-0.05, 0) is 19.3 Å². The Hall–Kier alpha value is -0.460. The van der Waals surface area contributed by atoms with Gasteiger partial charge in [0.1, 0.15) is 24.4 Å². The quantitative estimate of drug-likeness (QED) is 0.179. The molecule has 1 saturated heterocycles. The molecule has 1 aliphatic rings. The van der Waals surface area contributed by atoms with Crippen LogP contribution in [0.4, 0.5) is 0 Å². The molecule has 0 spiro atoms. The number of allylic oxidation sites excluding steroid dienone is 1. The van der Waals surface area contributed by atoms with Crippen LogP contribution in [0.25, 0.3) is 0 Å². The van der Waals surface area contributed by atoms with E-state index in [4.69, 9.17) is 9.47 Å². The molecule has 4 atom stereocenters. The van der Waals surface area contributed by atoms with Crippen molar-refractivity contribution in [2.45, 2.75) is 127 Å². The standard InChI is InChI=1S/C25H48O5/c1-2-3-4-5-6-7-8-9-10-11-12-13-14-15-16-17-18-19-29-20-23(27)25-24(28)22(26)21-30-25/h2,22-28H,1,3-21H2/t22-,23+,24+,25+/m1/s1. The first kappa shape index (κ1) is 27.6. The van der Waals surface area contributed by atoms with Crippen LogP contribution in [-0.4, -0.2) is 59.6 Å². The second-order valence-corrected chi connectivity index (χ2v) is 8.88. The van der Waals surface area contributed by atoms with Gasteiger partial charge in [-0.25, -0.2) is 0 Å². The monoisotopic (exact) mass is 428 g/mol. The fraction of sp³-hybridized carbons (Fsp3) is 0.920. The normalized spacial score (nSPS) is 22.4. The first-order valence-corrected chi connectivity index (χ1v) is 12.5. The van der Waals surface area contributed by atoms with Crippen LogP contribution in [0.5, 0.6) is 0 Å². The lowest BCUT2D eigenvalue weighted by Crippen LogP contribution is -2.40. The molecule has 30 heavy (non-hydrogen) atoms. The van der Waals surface area contributed by atoms with Gasteiger partial charge in [-0.1, -0.05) is 89.5 Å². The highest BCUT2D eigenvalue weighted by atomic mass is 16.5. The van der Waals surface area contributed by atoms with E-state index in [0.29, 0.717) is 6.61 Å². The summed E-state index contributed by atoms with van der Waals surface area (Å²) in [5, 5.41) is 29.1. The van der Waals surface area contributed by atoms with Crippen molar-refractivity contribution in [3.05, 3.63) is 12.7 Å². The largest absolute Gasteiger partial charge is 0.388 e. The average molecular weight is 429 g/mol. The van der Waals surface area contributed by atoms with Crippen LogP contribution in [0.3, 0.4) is 0 Å². The van der Waals surface area contributed by atoms with Crippen LogP contribution in [0.15, 0.2) is 12.7 Å². The molecular formula is C25H48O5. The Morgan fingerprint density at radius 1 is 0.800 bits per heavy atom. The maximum atomic E-state index is 9.96. The summed E-state index contributed by atoms with van der Waals surface area (Å²) in [6, 6.07) is 0. The van der Waals surface area contributed by atoms with Crippen molar-refractivity contribution in [3.63, 3.8) is 0 Å². The van der Waals surface area contributed by atoms with Crippen LogP contribution < -0.4 is 0 Å². The smallest absolute Gasteiger partial charge is 0.114 e. The van der Waals surface area contributed by atoms with Crippen LogP contribution in [0, 0.1) is 0 Å². The minimum absolute atomic E-state index is 0.0690. The van der Waals surface area contributed by atoms with E-state index < -0.39 is 24.4 Å². The highest BCUT2D eigenvalue weighted by Crippen LogP contribution is 2.18. The molecule has 5 heteroatoms. The first-order chi connectivity index (χ1) is 14.7. The molecule has 0 aromatic heterocycles. The average Bonchev–Trinajstić information content (AvgIpc) is 3.08. The number of hydrogen-bond donors (Lipinski definition) is 3. The van der Waals surface area contributed by atoms with Crippen molar-refractivity contribution in [3.8, 4) is 0 Å². The molecule has 0 unspecified atom stereocenters. The summed E-state index contributed by atoms with van der Waals surface area (Å²) >= 11 is 0. The van der Waals surface area contributed by atoms with E-state index in [1.54, 1.807) is 0 Å². The molecule has 0 aliphatic carbocycles. The van der Waals surface area contributed by atoms with E-state index in [9.17, 15) is 15.3 Å². The molecule has 5 nitrogen and oxygen atoms in total. The maximum Gasteiger partial charge on any atom is 0.114 e. The predicted octanol–water partition coefficient (Wildman–Crippen LogP) is 4.91. The predicted molar refractivity (Wildman–Crippen MR) is 123 cm³/mol. The number of aliphatic hydroxyl groups excluding tert-OH is 3. The number of unbranched alkanes of at least 4 members (excludes halogenated alkanes) is 15. The molecule has 0 aromatic carbocycles. The summed E-state index contributed by atoms with van der Waals surface area (Å²) in [5.41, 5.74) is 0. The zero-order valence-electron chi connectivity index (χ0n) is 19.2. The van der Waals surface area contributed by atoms with Gasteiger partial charge in [0.05, 0.1) is 13.2 Å². The summed E-state index contributed by atoms with van der Waals surface area (Å²) < 4.78 is 10.7. The summed E-state index contributed by atoms with van der Waals surface area (Å²) in [6.45, 7) is 4.60. The van der Waals surface area contributed by atoms with E-state index in [0.717, 1.165) is 12.8 Å². The number of hydrogen-bond acceptors (Lipinski definition) is 5. The molecule has 0 aromatic rings. The zero-order chi connectivity index (χ0) is 21.9. The van der Waals surface area contributed by atoms with E-state index in [1.807, 2.05) is 6.08 Å². The summed E-state index contributed by atoms with van der Waals surface area (Å²) in [4.78, 5) is 0. The van der Waals surface area contributed by atoms with Crippen molar-refractivity contribution >= 4 is 0 Å². The highest BCUT2D eigenvalue weighted by molar-refractivity contribution is 4.87. The number of rotatable bonds is 21. The lowest BCUT2D eigenvalue weighted by Gasteiger charge is -2.20. The Kier molecular flexibility index (Phi) is 17.7. The van der Waals surface area contributed by atoms with Crippen molar-refractivity contribution in [1.29, 1.82) is 0 Å². The van der Waals surface area contributed by atoms with E-state index >= 15 is 0 Å². The van der Waals surface area contributed by atoms with Gasteiger partial charge in [-0.15, -0.1) is 6.58 Å². The SMILES string of the molecule is C=CCCCCCCCCCCCCCCCCCOC[C@H](O)[C@@H]1OC[C@@H](O)[C@@H]1O. The van der Waals surface area contributed by atoms with Crippen LogP contribution in [0.1, 0.15) is 103 Å². The Bertz CT molecular complexity index is 390. The van der Waals surface area contributed by atoms with Gasteiger partial charge in [-0.3, -0.25) is 0 Å². The molecule has 1 heterocycles. The number of aliphatic hydroxyl groups is 3. The van der Waals surface area contributed by atoms with Gasteiger partial charge >= 0.3 is 0 Å². The Morgan fingerprint density at radius 2 is 1.27 bits per heavy atom. The van der Waals surface area contributed by atoms with E-state index in [1.165, 1.54) is 89.9 Å². The van der Waals surface area contributed by atoms with Gasteiger partial charge in [0, 0.05) is 6.61 Å². The highest BCUT2D eigenvalue weighted by Gasteiger charge is 2.39. The van der Waals surface area contributed by atoms with Crippen molar-refractivity contribution in [2.75, 3.05) is 19.8 Å². The molecule has 178 valence electrons. The van der Waals surface area contributed by atoms with Gasteiger partial charge in [0.2, 0.25) is 0 Å². The lowest BCUT2D eigenvalue weighted by molar-refractivity contribution is -0.0813. The topological polar surface area (TPSA) is 79.2 Å². The summed E-state index contributed by atoms with van der Waals surface area (Å²) in [6.07, 6.45) is 19.5. The molecular weight excluding hydrogens is 380 g/mol. The van der Waals surface area contributed by atoms with Gasteiger partial charge in [0.25, 0.3) is 0 Å². The molecule has 3 N–H and O–H groups in total.